The minimum absolute atomic E-state index is 0.151. The molecule has 0 aromatic carbocycles. The topological polar surface area (TPSA) is 40.6 Å². The molecule has 0 aromatic heterocycles. The van der Waals surface area contributed by atoms with Gasteiger partial charge in [0.15, 0.2) is 0 Å². The van der Waals surface area contributed by atoms with Crippen LogP contribution in [0.5, 0.6) is 0 Å². The van der Waals surface area contributed by atoms with E-state index in [1.54, 1.807) is 37.7 Å². The minimum Gasteiger partial charge on any atom is -0.300 e. The maximum Gasteiger partial charge on any atom is 0.242 e. The molecule has 0 N–H and O–H groups in total. The van der Waals surface area contributed by atoms with Gasteiger partial charge in [0.1, 0.15) is 11.2 Å². The molecular weight excluding hydrogens is 192 g/mol. The van der Waals surface area contributed by atoms with Crippen LogP contribution in [0.3, 0.4) is 0 Å². The van der Waals surface area contributed by atoms with Gasteiger partial charge in [-0.1, -0.05) is 0 Å². The van der Waals surface area contributed by atoms with Crippen LogP contribution in [0, 0.1) is 5.41 Å². The highest BCUT2D eigenvalue weighted by molar-refractivity contribution is 6.07. The molecule has 15 heavy (non-hydrogen) atoms. The first kappa shape index (κ1) is 11.8. The van der Waals surface area contributed by atoms with E-state index in [4.69, 9.17) is 0 Å². The molecule has 0 spiro atoms. The van der Waals surface area contributed by atoms with Gasteiger partial charge in [-0.25, -0.2) is 0 Å². The van der Waals surface area contributed by atoms with Gasteiger partial charge in [0.25, 0.3) is 0 Å². The van der Waals surface area contributed by atoms with Crippen molar-refractivity contribution in [2.75, 3.05) is 14.1 Å². The highest BCUT2D eigenvalue weighted by atomic mass is 16.2. The Kier molecular flexibility index (Phi) is 2.63. The minimum atomic E-state index is -0.956. The van der Waals surface area contributed by atoms with E-state index in [2.05, 4.69) is 0 Å². The van der Waals surface area contributed by atoms with Gasteiger partial charge < -0.3 is 9.80 Å². The van der Waals surface area contributed by atoms with E-state index in [1.165, 1.54) is 0 Å². The van der Waals surface area contributed by atoms with Crippen molar-refractivity contribution in [1.82, 2.24) is 9.80 Å². The number of carbonyl (C=O) groups is 2. The van der Waals surface area contributed by atoms with Crippen LogP contribution < -0.4 is 0 Å². The molecule has 1 rings (SSSR count). The van der Waals surface area contributed by atoms with Gasteiger partial charge in [-0.2, -0.15) is 0 Å². The average molecular weight is 210 g/mol. The quantitative estimate of drug-likeness (QED) is 0.564. The Morgan fingerprint density at radius 2 is 1.33 bits per heavy atom. The third kappa shape index (κ3) is 1.54. The predicted molar refractivity (Wildman–Crippen MR) is 57.7 cm³/mol. The first-order valence-corrected chi connectivity index (χ1v) is 4.95. The molecule has 1 saturated heterocycles. The van der Waals surface area contributed by atoms with Crippen LogP contribution >= 0.6 is 0 Å². The van der Waals surface area contributed by atoms with Crippen molar-refractivity contribution in [2.24, 2.45) is 5.41 Å². The van der Waals surface area contributed by atoms with E-state index in [0.29, 0.717) is 5.82 Å². The van der Waals surface area contributed by atoms with Crippen molar-refractivity contribution in [3.63, 3.8) is 0 Å². The maximum atomic E-state index is 12.0. The lowest BCUT2D eigenvalue weighted by Crippen LogP contribution is -2.56. The molecule has 0 radical (unpaired) electrons. The largest absolute Gasteiger partial charge is 0.300 e. The molecule has 4 nitrogen and oxygen atoms in total. The molecule has 0 saturated carbocycles. The Morgan fingerprint density at radius 1 is 1.00 bits per heavy atom. The van der Waals surface area contributed by atoms with Gasteiger partial charge in [-0.05, 0) is 33.3 Å². The van der Waals surface area contributed by atoms with Gasteiger partial charge >= 0.3 is 0 Å². The van der Waals surface area contributed by atoms with Gasteiger partial charge in [0.05, 0.1) is 0 Å². The summed E-state index contributed by atoms with van der Waals surface area (Å²) in [6, 6.07) is 0. The fourth-order valence-corrected chi connectivity index (χ4v) is 2.02. The molecule has 0 aromatic rings. The standard InChI is InChI=1S/C11H18N2O2/c1-7(2)8-12(5)9(14)11(3,4)10(15)13(8)6/h1-6H3. The van der Waals surface area contributed by atoms with Gasteiger partial charge in [-0.3, -0.25) is 9.59 Å². The Hall–Kier alpha value is -1.32. The lowest BCUT2D eigenvalue weighted by atomic mass is 9.87. The second-order valence-electron chi connectivity index (χ2n) is 4.68. The van der Waals surface area contributed by atoms with Crippen LogP contribution in [0.1, 0.15) is 27.7 Å². The summed E-state index contributed by atoms with van der Waals surface area (Å²) in [5.41, 5.74) is -0.000162. The first-order chi connectivity index (χ1) is 6.71. The number of rotatable bonds is 0. The van der Waals surface area contributed by atoms with Crippen LogP contribution in [0.15, 0.2) is 11.4 Å². The molecule has 0 aliphatic carbocycles. The van der Waals surface area contributed by atoms with Gasteiger partial charge in [0.2, 0.25) is 11.8 Å². The second kappa shape index (κ2) is 3.36. The summed E-state index contributed by atoms with van der Waals surface area (Å²) in [7, 11) is 3.41. The molecule has 1 heterocycles. The van der Waals surface area contributed by atoms with Gasteiger partial charge in [-0.15, -0.1) is 0 Å². The smallest absolute Gasteiger partial charge is 0.242 e. The second-order valence-corrected chi connectivity index (χ2v) is 4.68. The van der Waals surface area contributed by atoms with Crippen LogP contribution in [-0.4, -0.2) is 35.7 Å². The van der Waals surface area contributed by atoms with Crippen molar-refractivity contribution >= 4 is 11.8 Å². The summed E-state index contributed by atoms with van der Waals surface area (Å²) >= 11 is 0. The molecule has 84 valence electrons. The van der Waals surface area contributed by atoms with E-state index in [9.17, 15) is 9.59 Å². The molecule has 4 heteroatoms. The van der Waals surface area contributed by atoms with Crippen molar-refractivity contribution in [3.05, 3.63) is 11.4 Å². The summed E-state index contributed by atoms with van der Waals surface area (Å²) < 4.78 is 0. The van der Waals surface area contributed by atoms with Crippen molar-refractivity contribution < 1.29 is 9.59 Å². The highest BCUT2D eigenvalue weighted by Crippen LogP contribution is 2.31. The van der Waals surface area contributed by atoms with E-state index < -0.39 is 5.41 Å². The van der Waals surface area contributed by atoms with E-state index in [0.717, 1.165) is 5.57 Å². The van der Waals surface area contributed by atoms with Crippen molar-refractivity contribution in [3.8, 4) is 0 Å². The summed E-state index contributed by atoms with van der Waals surface area (Å²) in [6.45, 7) is 7.10. The number of carbonyl (C=O) groups excluding carboxylic acids is 2. The number of hydrogen-bond acceptors (Lipinski definition) is 2. The van der Waals surface area contributed by atoms with Crippen LogP contribution in [0.25, 0.3) is 0 Å². The Morgan fingerprint density at radius 3 is 1.60 bits per heavy atom. The normalized spacial score (nSPS) is 21.1. The number of amides is 2. The van der Waals surface area contributed by atoms with Crippen LogP contribution in [0.2, 0.25) is 0 Å². The number of allylic oxidation sites excluding steroid dienone is 1. The third-order valence-electron chi connectivity index (χ3n) is 2.76. The zero-order valence-corrected chi connectivity index (χ0v) is 10.2. The van der Waals surface area contributed by atoms with Gasteiger partial charge in [0, 0.05) is 14.1 Å². The molecule has 1 aliphatic rings. The fourth-order valence-electron chi connectivity index (χ4n) is 2.02. The zero-order chi connectivity index (χ0) is 12.0. The highest BCUT2D eigenvalue weighted by Gasteiger charge is 2.47. The monoisotopic (exact) mass is 210 g/mol. The molecule has 1 fully saturated rings. The predicted octanol–water partition coefficient (Wildman–Crippen LogP) is 1.19. The molecule has 0 atom stereocenters. The SMILES string of the molecule is CC(C)=C1N(C)C(=O)C(C)(C)C(=O)N1C. The average Bonchev–Trinajstić information content (AvgIpc) is 2.12. The number of nitrogens with zero attached hydrogens (tertiary/aromatic N) is 2. The molecular formula is C11H18N2O2. The Bertz CT molecular complexity index is 326. The first-order valence-electron chi connectivity index (χ1n) is 4.95. The summed E-state index contributed by atoms with van der Waals surface area (Å²) in [5.74, 6) is 0.382. The lowest BCUT2D eigenvalue weighted by Gasteiger charge is -2.42. The van der Waals surface area contributed by atoms with Crippen LogP contribution in [-0.2, 0) is 9.59 Å². The van der Waals surface area contributed by atoms with Crippen LogP contribution in [0.4, 0.5) is 0 Å². The lowest BCUT2D eigenvalue weighted by molar-refractivity contribution is -0.157. The Labute approximate surface area is 90.5 Å². The fraction of sp³-hybridized carbons (Fsp3) is 0.636. The molecule has 1 aliphatic heterocycles. The van der Waals surface area contributed by atoms with Crippen molar-refractivity contribution in [2.45, 2.75) is 27.7 Å². The summed E-state index contributed by atoms with van der Waals surface area (Å²) in [4.78, 5) is 27.0. The molecule has 0 bridgehead atoms. The van der Waals surface area contributed by atoms with E-state index in [-0.39, 0.29) is 11.8 Å². The molecule has 0 unspecified atom stereocenters. The third-order valence-corrected chi connectivity index (χ3v) is 2.76. The molecule has 2 amide bonds. The zero-order valence-electron chi connectivity index (χ0n) is 10.2. The van der Waals surface area contributed by atoms with Crippen molar-refractivity contribution in [1.29, 1.82) is 0 Å². The Balaban J connectivity index is 3.30. The number of hydrogen-bond donors (Lipinski definition) is 0. The summed E-state index contributed by atoms with van der Waals surface area (Å²) in [5, 5.41) is 0. The summed E-state index contributed by atoms with van der Waals surface area (Å²) in [6.07, 6.45) is 0. The van der Waals surface area contributed by atoms with E-state index in [1.807, 2.05) is 13.8 Å². The van der Waals surface area contributed by atoms with E-state index >= 15 is 0 Å². The maximum absolute atomic E-state index is 12.0.